The highest BCUT2D eigenvalue weighted by Crippen LogP contribution is 2.31. The van der Waals surface area contributed by atoms with E-state index in [1.807, 2.05) is 27.8 Å². The number of sulfonamides is 1. The van der Waals surface area contributed by atoms with E-state index in [0.29, 0.717) is 50.4 Å². The Morgan fingerprint density at radius 1 is 1.16 bits per heavy atom. The fourth-order valence-corrected chi connectivity index (χ4v) is 5.64. The second kappa shape index (κ2) is 11.5. The third-order valence-corrected chi connectivity index (χ3v) is 8.18. The van der Waals surface area contributed by atoms with Crippen LogP contribution in [-0.2, 0) is 21.2 Å². The number of nitrogens with one attached hydrogen (secondary N) is 1. The number of fused-ring (bicyclic) bond motifs is 1. The molecule has 0 aliphatic carbocycles. The van der Waals surface area contributed by atoms with Crippen molar-refractivity contribution >= 4 is 21.1 Å². The molecule has 1 saturated heterocycles. The number of aliphatic hydroxyl groups is 1. The third-order valence-electron chi connectivity index (χ3n) is 6.32. The predicted molar refractivity (Wildman–Crippen MR) is 140 cm³/mol. The van der Waals surface area contributed by atoms with Gasteiger partial charge in [0.25, 0.3) is 5.56 Å². The quantitative estimate of drug-likeness (QED) is 0.372. The van der Waals surface area contributed by atoms with Crippen molar-refractivity contribution in [1.29, 1.82) is 0 Å². The number of pyridine rings is 1. The monoisotopic (exact) mass is 549 g/mol. The van der Waals surface area contributed by atoms with Gasteiger partial charge in [-0.2, -0.15) is 9.40 Å². The molecule has 1 atom stereocenters. The van der Waals surface area contributed by atoms with Gasteiger partial charge in [0.15, 0.2) is 11.7 Å². The van der Waals surface area contributed by atoms with Crippen LogP contribution in [0.1, 0.15) is 32.7 Å². The fraction of sp³-hybridized carbons (Fsp3) is 0.583. The number of aromatic nitrogens is 5. The maximum absolute atomic E-state index is 13.5. The molecule has 13 nitrogen and oxygen atoms in total. The Morgan fingerprint density at radius 2 is 1.87 bits per heavy atom. The van der Waals surface area contributed by atoms with Crippen molar-refractivity contribution in [3.8, 4) is 17.3 Å². The Morgan fingerprint density at radius 3 is 2.50 bits per heavy atom. The van der Waals surface area contributed by atoms with E-state index in [0.717, 1.165) is 0 Å². The van der Waals surface area contributed by atoms with Crippen molar-refractivity contribution in [2.75, 3.05) is 53.6 Å². The molecule has 3 aromatic heterocycles. The average Bonchev–Trinajstić information content (AvgIpc) is 3.27. The number of ether oxygens (including phenoxy) is 2. The summed E-state index contributed by atoms with van der Waals surface area (Å²) in [5, 5.41) is 14.7. The SMILES string of the molecule is CCc1c2nc(-c3cc(S(=O)(=O)N4CCN(C)CC4)cnc3OCC(C)C)[nH]c(=O)c2nn1C(O)COC. The molecule has 1 fully saturated rings. The Kier molecular flexibility index (Phi) is 8.47. The zero-order chi connectivity index (χ0) is 27.6. The van der Waals surface area contributed by atoms with Crippen molar-refractivity contribution in [3.63, 3.8) is 0 Å². The Balaban J connectivity index is 1.86. The summed E-state index contributed by atoms with van der Waals surface area (Å²) in [5.74, 6) is 0.433. The Bertz CT molecular complexity index is 1440. The summed E-state index contributed by atoms with van der Waals surface area (Å²) in [6.45, 7) is 8.10. The smallest absolute Gasteiger partial charge is 0.279 e. The average molecular weight is 550 g/mol. The van der Waals surface area contributed by atoms with Crippen LogP contribution in [0.25, 0.3) is 22.4 Å². The van der Waals surface area contributed by atoms with Gasteiger partial charge in [-0.25, -0.2) is 23.1 Å². The molecule has 0 aromatic carbocycles. The highest BCUT2D eigenvalue weighted by Gasteiger charge is 2.30. The van der Waals surface area contributed by atoms with Gasteiger partial charge in [-0.05, 0) is 25.5 Å². The summed E-state index contributed by atoms with van der Waals surface area (Å²) in [6.07, 6.45) is 0.607. The third kappa shape index (κ3) is 5.59. The first-order chi connectivity index (χ1) is 18.1. The van der Waals surface area contributed by atoms with Crippen molar-refractivity contribution in [3.05, 3.63) is 28.3 Å². The van der Waals surface area contributed by atoms with Crippen LogP contribution in [0.5, 0.6) is 5.88 Å². The number of hydrogen-bond donors (Lipinski definition) is 2. The maximum atomic E-state index is 13.5. The number of aryl methyl sites for hydroxylation is 1. The molecule has 208 valence electrons. The summed E-state index contributed by atoms with van der Waals surface area (Å²) in [7, 11) is -0.435. The van der Waals surface area contributed by atoms with E-state index in [1.165, 1.54) is 28.4 Å². The first-order valence-electron chi connectivity index (χ1n) is 12.6. The van der Waals surface area contributed by atoms with Gasteiger partial charge in [0.05, 0.1) is 30.7 Å². The molecule has 0 saturated carbocycles. The highest BCUT2D eigenvalue weighted by atomic mass is 32.2. The molecular weight excluding hydrogens is 514 g/mol. The largest absolute Gasteiger partial charge is 0.477 e. The number of likely N-dealkylation sites (N-methyl/N-ethyl adjacent to an activating group) is 1. The minimum atomic E-state index is -3.84. The molecule has 14 heteroatoms. The van der Waals surface area contributed by atoms with Gasteiger partial charge in [0.1, 0.15) is 16.2 Å². The number of hydrogen-bond acceptors (Lipinski definition) is 10. The molecule has 0 bridgehead atoms. The lowest BCUT2D eigenvalue weighted by Gasteiger charge is -2.31. The second-order valence-electron chi connectivity index (χ2n) is 9.73. The lowest BCUT2D eigenvalue weighted by molar-refractivity contribution is 0.00722. The Labute approximate surface area is 221 Å². The Hall–Kier alpha value is -2.91. The van der Waals surface area contributed by atoms with Crippen LogP contribution in [0.3, 0.4) is 0 Å². The molecule has 1 unspecified atom stereocenters. The van der Waals surface area contributed by atoms with Crippen molar-refractivity contribution in [1.82, 2.24) is 33.9 Å². The second-order valence-corrected chi connectivity index (χ2v) is 11.7. The van der Waals surface area contributed by atoms with E-state index < -0.39 is 21.8 Å². The summed E-state index contributed by atoms with van der Waals surface area (Å²) in [6, 6.07) is 1.44. The van der Waals surface area contributed by atoms with Gasteiger partial charge in [0.2, 0.25) is 15.9 Å². The lowest BCUT2D eigenvalue weighted by atomic mass is 10.2. The van der Waals surface area contributed by atoms with Crippen LogP contribution < -0.4 is 10.3 Å². The van der Waals surface area contributed by atoms with Crippen LogP contribution >= 0.6 is 0 Å². The molecule has 0 amide bonds. The van der Waals surface area contributed by atoms with E-state index >= 15 is 0 Å². The summed E-state index contributed by atoms with van der Waals surface area (Å²) in [5.41, 5.74) is 0.594. The molecule has 38 heavy (non-hydrogen) atoms. The topological polar surface area (TPSA) is 156 Å². The predicted octanol–water partition coefficient (Wildman–Crippen LogP) is 0.852. The minimum Gasteiger partial charge on any atom is -0.477 e. The molecule has 0 spiro atoms. The van der Waals surface area contributed by atoms with Gasteiger partial charge >= 0.3 is 0 Å². The standard InChI is InChI=1S/C24H35N7O6S/c1-6-18-20-21(28-31(18)19(32)14-36-5)23(33)27-22(26-20)17-11-16(12-25-24(17)37-13-15(2)3)38(34,35)30-9-7-29(4)8-10-30/h11-12,15,19,32H,6-10,13-14H2,1-5H3,(H,26,27,33). The number of aliphatic hydroxyl groups excluding tert-OH is 1. The first kappa shape index (κ1) is 28.1. The molecular formula is C24H35N7O6S. The number of aromatic amines is 1. The molecule has 3 aromatic rings. The van der Waals surface area contributed by atoms with Gasteiger partial charge in [-0.15, -0.1) is 0 Å². The van der Waals surface area contributed by atoms with Crippen molar-refractivity contribution in [2.24, 2.45) is 5.92 Å². The van der Waals surface area contributed by atoms with Crippen LogP contribution in [-0.4, -0.2) is 101 Å². The van der Waals surface area contributed by atoms with Crippen molar-refractivity contribution < 1.29 is 23.0 Å². The number of H-pyrrole nitrogens is 1. The van der Waals surface area contributed by atoms with E-state index in [4.69, 9.17) is 9.47 Å². The van der Waals surface area contributed by atoms with Gasteiger partial charge in [-0.1, -0.05) is 20.8 Å². The van der Waals surface area contributed by atoms with E-state index in [-0.39, 0.29) is 40.2 Å². The van der Waals surface area contributed by atoms with Crippen LogP contribution in [0, 0.1) is 5.92 Å². The molecule has 1 aliphatic rings. The summed E-state index contributed by atoms with van der Waals surface area (Å²) >= 11 is 0. The number of rotatable bonds is 10. The normalized spacial score (nSPS) is 16.4. The summed E-state index contributed by atoms with van der Waals surface area (Å²) in [4.78, 5) is 26.8. The van der Waals surface area contributed by atoms with Crippen molar-refractivity contribution in [2.45, 2.75) is 38.3 Å². The van der Waals surface area contributed by atoms with E-state index in [9.17, 15) is 18.3 Å². The molecule has 2 N–H and O–H groups in total. The summed E-state index contributed by atoms with van der Waals surface area (Å²) < 4.78 is 40.6. The molecule has 0 radical (unpaired) electrons. The van der Waals surface area contributed by atoms with Crippen LogP contribution in [0.2, 0.25) is 0 Å². The minimum absolute atomic E-state index is 0.0152. The molecule has 4 heterocycles. The van der Waals surface area contributed by atoms with E-state index in [2.05, 4.69) is 25.0 Å². The zero-order valence-electron chi connectivity index (χ0n) is 22.3. The van der Waals surface area contributed by atoms with Gasteiger partial charge < -0.3 is 24.5 Å². The first-order valence-corrected chi connectivity index (χ1v) is 14.0. The fourth-order valence-electron chi connectivity index (χ4n) is 4.24. The number of nitrogens with zero attached hydrogens (tertiary/aromatic N) is 6. The van der Waals surface area contributed by atoms with E-state index in [1.54, 1.807) is 0 Å². The van der Waals surface area contributed by atoms with Crippen LogP contribution in [0.15, 0.2) is 22.0 Å². The zero-order valence-corrected chi connectivity index (χ0v) is 23.2. The molecule has 1 aliphatic heterocycles. The lowest BCUT2D eigenvalue weighted by Crippen LogP contribution is -2.47. The maximum Gasteiger partial charge on any atom is 0.279 e. The van der Waals surface area contributed by atoms with Crippen LogP contribution in [0.4, 0.5) is 0 Å². The van der Waals surface area contributed by atoms with Gasteiger partial charge in [0, 0.05) is 33.3 Å². The van der Waals surface area contributed by atoms with Gasteiger partial charge in [-0.3, -0.25) is 4.79 Å². The highest BCUT2D eigenvalue weighted by molar-refractivity contribution is 7.89. The number of methoxy groups -OCH3 is 1. The number of piperazine rings is 1. The molecule has 4 rings (SSSR count).